The lowest BCUT2D eigenvalue weighted by Crippen LogP contribution is -2.40. The van der Waals surface area contributed by atoms with E-state index < -0.39 is 22.0 Å². The lowest BCUT2D eigenvalue weighted by atomic mass is 10.2. The molecule has 1 aromatic rings. The van der Waals surface area contributed by atoms with Gasteiger partial charge in [0.2, 0.25) is 0 Å². The van der Waals surface area contributed by atoms with Gasteiger partial charge in [-0.15, -0.1) is 0 Å². The zero-order valence-electron chi connectivity index (χ0n) is 13.1. The van der Waals surface area contributed by atoms with Crippen molar-refractivity contribution in [3.8, 4) is 17.2 Å². The topological polar surface area (TPSA) is 102 Å². The maximum Gasteiger partial charge on any atom is 0.322 e. The molecule has 0 amide bonds. The Morgan fingerprint density at radius 1 is 1.17 bits per heavy atom. The molecule has 1 atom stereocenters. The predicted octanol–water partition coefficient (Wildman–Crippen LogP) is 0.950. The number of aliphatic carboxylic acids is 1. The number of methoxy groups -OCH3 is 3. The van der Waals surface area contributed by atoms with Gasteiger partial charge in [-0.3, -0.25) is 4.79 Å². The van der Waals surface area contributed by atoms with Gasteiger partial charge in [-0.1, -0.05) is 0 Å². The number of hydrogen-bond acceptors (Lipinski definition) is 6. The monoisotopic (exact) mass is 345 g/mol. The number of carboxylic acids is 1. The summed E-state index contributed by atoms with van der Waals surface area (Å²) < 4.78 is 42.3. The van der Waals surface area contributed by atoms with Crippen LogP contribution in [-0.4, -0.2) is 57.7 Å². The van der Waals surface area contributed by atoms with Gasteiger partial charge in [-0.05, 0) is 12.8 Å². The Labute approximate surface area is 134 Å². The highest BCUT2D eigenvalue weighted by atomic mass is 32.2. The Balaban J connectivity index is 2.61. The summed E-state index contributed by atoms with van der Waals surface area (Å²) in [7, 11) is -0.0120. The Kier molecular flexibility index (Phi) is 5.00. The molecule has 9 heteroatoms. The minimum absolute atomic E-state index is 0.0391. The fourth-order valence-corrected chi connectivity index (χ4v) is 4.55. The number of benzene rings is 1. The molecular formula is C14H19NO7S. The molecule has 0 unspecified atom stereocenters. The number of rotatable bonds is 6. The third kappa shape index (κ3) is 3.06. The van der Waals surface area contributed by atoms with Crippen LogP contribution in [0.5, 0.6) is 17.2 Å². The highest BCUT2D eigenvalue weighted by molar-refractivity contribution is 7.89. The molecule has 128 valence electrons. The molecule has 1 aromatic carbocycles. The standard InChI is InChI=1S/C14H19NO7S/c1-20-9-7-11(21-2)13(12(8-9)22-3)23(18,19)15-6-4-5-10(15)14(16)17/h7-8,10H,4-6H2,1-3H3,(H,16,17)/t10-/m0/s1. The van der Waals surface area contributed by atoms with E-state index in [1.807, 2.05) is 0 Å². The van der Waals surface area contributed by atoms with Crippen LogP contribution in [0.2, 0.25) is 0 Å². The van der Waals surface area contributed by atoms with Crippen molar-refractivity contribution in [1.29, 1.82) is 0 Å². The van der Waals surface area contributed by atoms with Crippen LogP contribution in [0.1, 0.15) is 12.8 Å². The van der Waals surface area contributed by atoms with Crippen molar-refractivity contribution in [3.05, 3.63) is 12.1 Å². The summed E-state index contributed by atoms with van der Waals surface area (Å²) in [6, 6.07) is 1.75. The number of nitrogens with zero attached hydrogens (tertiary/aromatic N) is 1. The molecule has 0 bridgehead atoms. The van der Waals surface area contributed by atoms with Crippen LogP contribution < -0.4 is 14.2 Å². The van der Waals surface area contributed by atoms with E-state index in [1.165, 1.54) is 33.5 Å². The molecule has 23 heavy (non-hydrogen) atoms. The summed E-state index contributed by atoms with van der Waals surface area (Å²) in [5.41, 5.74) is 0. The smallest absolute Gasteiger partial charge is 0.322 e. The van der Waals surface area contributed by atoms with E-state index in [0.717, 1.165) is 4.31 Å². The SMILES string of the molecule is COc1cc(OC)c(S(=O)(=O)N2CCC[C@H]2C(=O)O)c(OC)c1. The van der Waals surface area contributed by atoms with Gasteiger partial charge in [-0.25, -0.2) is 8.42 Å². The van der Waals surface area contributed by atoms with Crippen molar-refractivity contribution in [2.75, 3.05) is 27.9 Å². The van der Waals surface area contributed by atoms with Crippen molar-refractivity contribution in [2.24, 2.45) is 0 Å². The molecule has 1 fully saturated rings. The fourth-order valence-electron chi connectivity index (χ4n) is 2.62. The number of carboxylic acid groups (broad SMARTS) is 1. The van der Waals surface area contributed by atoms with Gasteiger partial charge in [0.25, 0.3) is 10.0 Å². The maximum absolute atomic E-state index is 13.0. The Hall–Kier alpha value is -2.00. The first-order chi connectivity index (χ1) is 10.9. The van der Waals surface area contributed by atoms with E-state index >= 15 is 0 Å². The highest BCUT2D eigenvalue weighted by Crippen LogP contribution is 2.40. The predicted molar refractivity (Wildman–Crippen MR) is 80.6 cm³/mol. The molecule has 0 saturated carbocycles. The molecule has 8 nitrogen and oxygen atoms in total. The molecule has 1 aliphatic rings. The first-order valence-electron chi connectivity index (χ1n) is 6.91. The quantitative estimate of drug-likeness (QED) is 0.819. The third-order valence-electron chi connectivity index (χ3n) is 3.73. The summed E-state index contributed by atoms with van der Waals surface area (Å²) in [4.78, 5) is 11.1. The van der Waals surface area contributed by atoms with Gasteiger partial charge in [0, 0.05) is 18.7 Å². The van der Waals surface area contributed by atoms with Crippen molar-refractivity contribution < 1.29 is 32.5 Å². The number of ether oxygens (including phenoxy) is 3. The van der Waals surface area contributed by atoms with Crippen LogP contribution in [0.3, 0.4) is 0 Å². The Morgan fingerprint density at radius 3 is 2.17 bits per heavy atom. The van der Waals surface area contributed by atoms with E-state index in [2.05, 4.69) is 0 Å². The van der Waals surface area contributed by atoms with Crippen molar-refractivity contribution in [3.63, 3.8) is 0 Å². The first kappa shape index (κ1) is 17.4. The summed E-state index contributed by atoms with van der Waals surface area (Å²) in [5, 5.41) is 9.24. The van der Waals surface area contributed by atoms with E-state index in [0.29, 0.717) is 12.2 Å². The average molecular weight is 345 g/mol. The summed E-state index contributed by atoms with van der Waals surface area (Å²) in [5.74, 6) is -0.721. The minimum atomic E-state index is -4.10. The van der Waals surface area contributed by atoms with Crippen molar-refractivity contribution in [2.45, 2.75) is 23.8 Å². The highest BCUT2D eigenvalue weighted by Gasteiger charge is 2.42. The van der Waals surface area contributed by atoms with Crippen molar-refractivity contribution >= 4 is 16.0 Å². The fraction of sp³-hybridized carbons (Fsp3) is 0.500. The maximum atomic E-state index is 13.0. The summed E-state index contributed by atoms with van der Waals surface area (Å²) in [6.45, 7) is 0.137. The summed E-state index contributed by atoms with van der Waals surface area (Å²) in [6.07, 6.45) is 0.756. The average Bonchev–Trinajstić information content (AvgIpc) is 3.04. The molecule has 1 N–H and O–H groups in total. The molecule has 0 aliphatic carbocycles. The van der Waals surface area contributed by atoms with Gasteiger partial charge < -0.3 is 19.3 Å². The van der Waals surface area contributed by atoms with Crippen LogP contribution in [0, 0.1) is 0 Å². The zero-order valence-corrected chi connectivity index (χ0v) is 13.9. The van der Waals surface area contributed by atoms with Crippen LogP contribution in [0.15, 0.2) is 17.0 Å². The Bertz CT molecular complexity index is 676. The lowest BCUT2D eigenvalue weighted by molar-refractivity contribution is -0.140. The lowest BCUT2D eigenvalue weighted by Gasteiger charge is -2.23. The van der Waals surface area contributed by atoms with Crippen LogP contribution in [0.25, 0.3) is 0 Å². The van der Waals surface area contributed by atoms with E-state index in [-0.39, 0.29) is 29.4 Å². The molecule has 1 aliphatic heterocycles. The molecule has 1 saturated heterocycles. The number of sulfonamides is 1. The molecular weight excluding hydrogens is 326 g/mol. The summed E-state index contributed by atoms with van der Waals surface area (Å²) >= 11 is 0. The first-order valence-corrected chi connectivity index (χ1v) is 8.35. The number of carbonyl (C=O) groups is 1. The van der Waals surface area contributed by atoms with E-state index in [1.54, 1.807) is 0 Å². The second-order valence-corrected chi connectivity index (χ2v) is 6.80. The molecule has 0 spiro atoms. The van der Waals surface area contributed by atoms with Gasteiger partial charge in [0.1, 0.15) is 23.3 Å². The van der Waals surface area contributed by atoms with Crippen LogP contribution >= 0.6 is 0 Å². The minimum Gasteiger partial charge on any atom is -0.496 e. The van der Waals surface area contributed by atoms with Gasteiger partial charge in [-0.2, -0.15) is 4.31 Å². The van der Waals surface area contributed by atoms with Gasteiger partial charge in [0.15, 0.2) is 4.90 Å². The third-order valence-corrected chi connectivity index (χ3v) is 5.70. The zero-order chi connectivity index (χ0) is 17.2. The normalized spacial score (nSPS) is 18.7. The Morgan fingerprint density at radius 2 is 1.74 bits per heavy atom. The van der Waals surface area contributed by atoms with Gasteiger partial charge >= 0.3 is 5.97 Å². The number of hydrogen-bond donors (Lipinski definition) is 1. The molecule has 1 heterocycles. The van der Waals surface area contributed by atoms with Crippen molar-refractivity contribution in [1.82, 2.24) is 4.31 Å². The largest absolute Gasteiger partial charge is 0.496 e. The molecule has 0 radical (unpaired) electrons. The molecule has 2 rings (SSSR count). The molecule has 0 aromatic heterocycles. The van der Waals surface area contributed by atoms with Gasteiger partial charge in [0.05, 0.1) is 21.3 Å². The van der Waals surface area contributed by atoms with Crippen LogP contribution in [-0.2, 0) is 14.8 Å². The van der Waals surface area contributed by atoms with Crippen LogP contribution in [0.4, 0.5) is 0 Å². The second-order valence-electron chi connectivity index (χ2n) is 4.97. The van der Waals surface area contributed by atoms with E-state index in [9.17, 15) is 18.3 Å². The van der Waals surface area contributed by atoms with E-state index in [4.69, 9.17) is 14.2 Å². The second kappa shape index (κ2) is 6.63.